The third-order valence-corrected chi connectivity index (χ3v) is 6.11. The van der Waals surface area contributed by atoms with Crippen LogP contribution < -0.4 is 15.1 Å². The predicted octanol–water partition coefficient (Wildman–Crippen LogP) is 4.68. The maximum absolute atomic E-state index is 14.3. The van der Waals surface area contributed by atoms with Crippen LogP contribution in [0.2, 0.25) is 0 Å². The molecule has 4 rings (SSSR count). The molecule has 0 saturated carbocycles. The molecule has 0 bridgehead atoms. The number of likely N-dealkylation sites (N-methyl/N-ethyl adjacent to an activating group) is 1. The molecule has 2 heterocycles. The summed E-state index contributed by atoms with van der Waals surface area (Å²) >= 11 is 5.15. The Morgan fingerprint density at radius 3 is 2.53 bits per heavy atom. The van der Waals surface area contributed by atoms with Gasteiger partial charge in [0.1, 0.15) is 11.4 Å². The summed E-state index contributed by atoms with van der Waals surface area (Å²) in [5.74, 6) is -1.87. The molecule has 0 aromatic heterocycles. The standard InChI is InChI=1S/C25H24FN3O2S/c1-5-28-20-11-10-16(12-17(20)15(2)14-25(28,3)4)13-18-22(30)27-24(32)29(23(18)31)21-9-7-6-8-19(21)26/h6-14H,5H2,1-4H3,(H,27,30,32)/b18-13+. The van der Waals surface area contributed by atoms with Gasteiger partial charge in [-0.1, -0.05) is 24.3 Å². The quantitative estimate of drug-likeness (QED) is 0.420. The number of para-hydroxylation sites is 1. The summed E-state index contributed by atoms with van der Waals surface area (Å²) in [6.07, 6.45) is 3.74. The molecule has 0 spiro atoms. The van der Waals surface area contributed by atoms with Crippen LogP contribution in [0.1, 0.15) is 38.8 Å². The molecule has 2 aromatic carbocycles. The highest BCUT2D eigenvalue weighted by atomic mass is 32.1. The number of nitrogens with zero attached hydrogens (tertiary/aromatic N) is 2. The second-order valence-electron chi connectivity index (χ2n) is 8.41. The van der Waals surface area contributed by atoms with E-state index in [2.05, 4.69) is 44.0 Å². The van der Waals surface area contributed by atoms with Crippen molar-refractivity contribution in [3.8, 4) is 0 Å². The molecule has 164 valence electrons. The first-order valence-corrected chi connectivity index (χ1v) is 10.8. The van der Waals surface area contributed by atoms with Crippen molar-refractivity contribution in [3.05, 3.63) is 71.1 Å². The van der Waals surface area contributed by atoms with E-state index in [9.17, 15) is 14.0 Å². The van der Waals surface area contributed by atoms with Crippen molar-refractivity contribution in [2.45, 2.75) is 33.2 Å². The lowest BCUT2D eigenvalue weighted by Crippen LogP contribution is -2.54. The fraction of sp³-hybridized carbons (Fsp3) is 0.240. The van der Waals surface area contributed by atoms with Crippen LogP contribution in [0.4, 0.5) is 15.8 Å². The van der Waals surface area contributed by atoms with E-state index in [1.165, 1.54) is 24.3 Å². The Balaban J connectivity index is 1.76. The largest absolute Gasteiger partial charge is 0.363 e. The van der Waals surface area contributed by atoms with Crippen molar-refractivity contribution in [3.63, 3.8) is 0 Å². The highest BCUT2D eigenvalue weighted by molar-refractivity contribution is 7.80. The molecule has 1 N–H and O–H groups in total. The summed E-state index contributed by atoms with van der Waals surface area (Å²) in [5, 5.41) is 2.35. The number of hydrogen-bond donors (Lipinski definition) is 1. The number of nitrogens with one attached hydrogen (secondary N) is 1. The van der Waals surface area contributed by atoms with E-state index < -0.39 is 17.6 Å². The Labute approximate surface area is 192 Å². The molecule has 2 aromatic rings. The number of thiocarbonyl (C=S) groups is 1. The van der Waals surface area contributed by atoms with Crippen molar-refractivity contribution in [1.29, 1.82) is 0 Å². The second kappa shape index (κ2) is 7.98. The zero-order valence-corrected chi connectivity index (χ0v) is 19.2. The minimum atomic E-state index is -0.662. The van der Waals surface area contributed by atoms with Gasteiger partial charge in [0.2, 0.25) is 0 Å². The van der Waals surface area contributed by atoms with Crippen molar-refractivity contribution >= 4 is 52.2 Å². The molecule has 1 fully saturated rings. The Kier molecular flexibility index (Phi) is 5.46. The molecule has 32 heavy (non-hydrogen) atoms. The van der Waals surface area contributed by atoms with Gasteiger partial charge >= 0.3 is 0 Å². The van der Waals surface area contributed by atoms with Crippen LogP contribution in [0.3, 0.4) is 0 Å². The Morgan fingerprint density at radius 1 is 1.12 bits per heavy atom. The van der Waals surface area contributed by atoms with E-state index in [0.29, 0.717) is 5.56 Å². The maximum atomic E-state index is 14.3. The predicted molar refractivity (Wildman–Crippen MR) is 130 cm³/mol. The number of rotatable bonds is 3. The molecule has 5 nitrogen and oxygen atoms in total. The number of amides is 2. The van der Waals surface area contributed by atoms with Crippen molar-refractivity contribution in [2.75, 3.05) is 16.3 Å². The number of benzene rings is 2. The SMILES string of the molecule is CCN1c2ccc(/C=C3\C(=O)NC(=S)N(c4ccccc4F)C3=O)cc2C(C)=CC1(C)C. The molecular formula is C25H24FN3O2S. The van der Waals surface area contributed by atoms with Crippen LogP contribution in [-0.2, 0) is 9.59 Å². The number of halogens is 1. The van der Waals surface area contributed by atoms with Crippen LogP contribution in [0.25, 0.3) is 11.6 Å². The highest BCUT2D eigenvalue weighted by Crippen LogP contribution is 2.39. The first-order chi connectivity index (χ1) is 15.1. The average molecular weight is 450 g/mol. The lowest BCUT2D eigenvalue weighted by atomic mass is 9.88. The molecule has 0 radical (unpaired) electrons. The average Bonchev–Trinajstić information content (AvgIpc) is 2.72. The summed E-state index contributed by atoms with van der Waals surface area (Å²) in [6, 6.07) is 11.7. The molecule has 2 aliphatic rings. The Hall–Kier alpha value is -3.32. The molecule has 0 aliphatic carbocycles. The summed E-state index contributed by atoms with van der Waals surface area (Å²) in [4.78, 5) is 29.1. The number of carbonyl (C=O) groups is 2. The summed E-state index contributed by atoms with van der Waals surface area (Å²) in [7, 11) is 0. The van der Waals surface area contributed by atoms with Crippen molar-refractivity contribution in [2.24, 2.45) is 0 Å². The van der Waals surface area contributed by atoms with Gasteiger partial charge in [0.15, 0.2) is 5.11 Å². The van der Waals surface area contributed by atoms with Gasteiger partial charge in [0.25, 0.3) is 11.8 Å². The Bertz CT molecular complexity index is 1220. The first-order valence-electron chi connectivity index (χ1n) is 10.4. The summed E-state index contributed by atoms with van der Waals surface area (Å²) in [6.45, 7) is 9.36. The number of allylic oxidation sites excluding steroid dienone is 1. The number of fused-ring (bicyclic) bond motifs is 1. The van der Waals surface area contributed by atoms with Crippen LogP contribution in [-0.4, -0.2) is 29.0 Å². The summed E-state index contributed by atoms with van der Waals surface area (Å²) < 4.78 is 14.3. The van der Waals surface area contributed by atoms with Gasteiger partial charge in [-0.05, 0) is 81.4 Å². The van der Waals surface area contributed by atoms with Gasteiger partial charge in [-0.2, -0.15) is 0 Å². The van der Waals surface area contributed by atoms with E-state index >= 15 is 0 Å². The number of carbonyl (C=O) groups excluding carboxylic acids is 2. The highest BCUT2D eigenvalue weighted by Gasteiger charge is 2.36. The fourth-order valence-electron chi connectivity index (χ4n) is 4.44. The van der Waals surface area contributed by atoms with E-state index in [1.807, 2.05) is 18.2 Å². The van der Waals surface area contributed by atoms with Crippen LogP contribution in [0.5, 0.6) is 0 Å². The minimum absolute atomic E-state index is 0.00145. The van der Waals surface area contributed by atoms with E-state index in [0.717, 1.165) is 28.3 Å². The molecule has 2 aliphatic heterocycles. The summed E-state index contributed by atoms with van der Waals surface area (Å²) in [5.41, 5.74) is 3.76. The second-order valence-corrected chi connectivity index (χ2v) is 8.80. The number of hydrogen-bond acceptors (Lipinski definition) is 4. The Morgan fingerprint density at radius 2 is 1.84 bits per heavy atom. The van der Waals surface area contributed by atoms with Crippen LogP contribution in [0.15, 0.2) is 54.1 Å². The van der Waals surface area contributed by atoms with E-state index in [-0.39, 0.29) is 21.9 Å². The van der Waals surface area contributed by atoms with Gasteiger partial charge in [-0.15, -0.1) is 0 Å². The molecule has 7 heteroatoms. The zero-order chi connectivity index (χ0) is 23.2. The zero-order valence-electron chi connectivity index (χ0n) is 18.4. The molecule has 0 unspecified atom stereocenters. The van der Waals surface area contributed by atoms with Crippen LogP contribution >= 0.6 is 12.2 Å². The van der Waals surface area contributed by atoms with Gasteiger partial charge < -0.3 is 4.90 Å². The lowest BCUT2D eigenvalue weighted by molar-refractivity contribution is -0.122. The van der Waals surface area contributed by atoms with Crippen molar-refractivity contribution < 1.29 is 14.0 Å². The minimum Gasteiger partial charge on any atom is -0.363 e. The smallest absolute Gasteiger partial charge is 0.270 e. The normalized spacial score (nSPS) is 19.1. The van der Waals surface area contributed by atoms with E-state index in [1.54, 1.807) is 6.07 Å². The third kappa shape index (κ3) is 3.62. The van der Waals surface area contributed by atoms with Gasteiger partial charge in [0, 0.05) is 17.8 Å². The van der Waals surface area contributed by atoms with Gasteiger partial charge in [0.05, 0.1) is 11.2 Å². The van der Waals surface area contributed by atoms with E-state index in [4.69, 9.17) is 12.2 Å². The molecule has 1 saturated heterocycles. The molecule has 0 atom stereocenters. The monoisotopic (exact) mass is 449 g/mol. The third-order valence-electron chi connectivity index (χ3n) is 5.82. The lowest BCUT2D eigenvalue weighted by Gasteiger charge is -2.42. The van der Waals surface area contributed by atoms with Crippen molar-refractivity contribution in [1.82, 2.24) is 5.32 Å². The van der Waals surface area contributed by atoms with Gasteiger partial charge in [-0.25, -0.2) is 9.29 Å². The maximum Gasteiger partial charge on any atom is 0.270 e. The molecular weight excluding hydrogens is 425 g/mol. The fourth-order valence-corrected chi connectivity index (χ4v) is 4.72. The van der Waals surface area contributed by atoms with Gasteiger partial charge in [-0.3, -0.25) is 14.9 Å². The topological polar surface area (TPSA) is 52.7 Å². The molecule has 2 amide bonds. The first kappa shape index (κ1) is 21.9. The number of anilines is 2. The van der Waals surface area contributed by atoms with Crippen LogP contribution in [0, 0.1) is 5.82 Å².